The van der Waals surface area contributed by atoms with Crippen LogP contribution in [-0.4, -0.2) is 18.7 Å². The molecule has 2 atom stereocenters. The van der Waals surface area contributed by atoms with Crippen molar-refractivity contribution in [2.75, 3.05) is 7.11 Å². The fraction of sp³-hybridized carbons (Fsp3) is 0.217. The average Bonchev–Trinajstić information content (AvgIpc) is 3.35. The van der Waals surface area contributed by atoms with E-state index in [1.54, 1.807) is 6.07 Å². The Morgan fingerprint density at radius 3 is 2.76 bits per heavy atom. The van der Waals surface area contributed by atoms with Crippen molar-refractivity contribution in [3.05, 3.63) is 87.6 Å². The van der Waals surface area contributed by atoms with Gasteiger partial charge in [-0.1, -0.05) is 47.6 Å². The molecule has 2 unspecified atom stereocenters. The zero-order valence-electron chi connectivity index (χ0n) is 16.1. The Labute approximate surface area is 173 Å². The van der Waals surface area contributed by atoms with Crippen molar-refractivity contribution < 1.29 is 14.4 Å². The standard InChI is InChI=1S/C23H22N2O3S/c1-27-25-22(23(24)26)18-9-3-2-6-16(18)14-28-17-8-4-7-15(12-17)19-13-20(19)21-10-5-11-29-21/h2-12,19-20H,13-14H2,1H3,(H2,24,26)/b25-22+. The van der Waals surface area contributed by atoms with Gasteiger partial charge in [0.15, 0.2) is 5.71 Å². The molecule has 1 fully saturated rings. The lowest BCUT2D eigenvalue weighted by Crippen LogP contribution is -2.25. The Hall–Kier alpha value is -3.12. The van der Waals surface area contributed by atoms with Crippen LogP contribution < -0.4 is 10.5 Å². The summed E-state index contributed by atoms with van der Waals surface area (Å²) in [5, 5.41) is 5.91. The van der Waals surface area contributed by atoms with Gasteiger partial charge in [-0.25, -0.2) is 0 Å². The van der Waals surface area contributed by atoms with E-state index in [4.69, 9.17) is 15.3 Å². The molecule has 29 heavy (non-hydrogen) atoms. The molecule has 1 aliphatic rings. The van der Waals surface area contributed by atoms with E-state index >= 15 is 0 Å². The van der Waals surface area contributed by atoms with Gasteiger partial charge >= 0.3 is 0 Å². The lowest BCUT2D eigenvalue weighted by Gasteiger charge is -2.12. The number of thiophene rings is 1. The summed E-state index contributed by atoms with van der Waals surface area (Å²) in [6.07, 6.45) is 1.18. The molecule has 0 aliphatic heterocycles. The monoisotopic (exact) mass is 406 g/mol. The van der Waals surface area contributed by atoms with Crippen molar-refractivity contribution in [1.82, 2.24) is 0 Å². The molecule has 3 aromatic rings. The van der Waals surface area contributed by atoms with Crippen LogP contribution in [0.4, 0.5) is 0 Å². The molecule has 1 aromatic heterocycles. The third kappa shape index (κ3) is 4.32. The van der Waals surface area contributed by atoms with E-state index in [1.165, 1.54) is 24.0 Å². The lowest BCUT2D eigenvalue weighted by atomic mass is 10.0. The van der Waals surface area contributed by atoms with Crippen LogP contribution in [0.5, 0.6) is 5.75 Å². The second-order valence-electron chi connectivity index (χ2n) is 6.97. The first-order valence-corrected chi connectivity index (χ1v) is 10.3. The topological polar surface area (TPSA) is 73.9 Å². The van der Waals surface area contributed by atoms with Crippen LogP contribution in [0.2, 0.25) is 0 Å². The van der Waals surface area contributed by atoms with Crippen LogP contribution in [-0.2, 0) is 16.2 Å². The Balaban J connectivity index is 1.48. The number of rotatable bonds is 8. The largest absolute Gasteiger partial charge is 0.489 e. The van der Waals surface area contributed by atoms with Crippen LogP contribution in [0.15, 0.2) is 71.2 Å². The van der Waals surface area contributed by atoms with E-state index in [2.05, 4.69) is 34.8 Å². The number of nitrogens with zero attached hydrogens (tertiary/aromatic N) is 1. The molecule has 1 aliphatic carbocycles. The highest BCUT2D eigenvalue weighted by Gasteiger charge is 2.40. The molecule has 0 spiro atoms. The SMILES string of the molecule is CO/N=C(/C(N)=O)c1ccccc1COc1cccc(C2CC2c2cccs2)c1. The summed E-state index contributed by atoms with van der Waals surface area (Å²) in [6, 6.07) is 20.0. The van der Waals surface area contributed by atoms with Crippen LogP contribution in [0.25, 0.3) is 0 Å². The predicted molar refractivity (Wildman–Crippen MR) is 114 cm³/mol. The molecule has 1 heterocycles. The maximum absolute atomic E-state index is 11.7. The summed E-state index contributed by atoms with van der Waals surface area (Å²) in [6.45, 7) is 0.300. The van der Waals surface area contributed by atoms with Crippen molar-refractivity contribution in [2.24, 2.45) is 10.9 Å². The fourth-order valence-corrected chi connectivity index (χ4v) is 4.48. The molecule has 148 valence electrons. The average molecular weight is 407 g/mol. The molecule has 6 heteroatoms. The highest BCUT2D eigenvalue weighted by atomic mass is 32.1. The van der Waals surface area contributed by atoms with Crippen LogP contribution in [0, 0.1) is 0 Å². The number of nitrogens with two attached hydrogens (primary N) is 1. The zero-order chi connectivity index (χ0) is 20.2. The first-order valence-electron chi connectivity index (χ1n) is 9.42. The first-order chi connectivity index (χ1) is 14.2. The highest BCUT2D eigenvalue weighted by Crippen LogP contribution is 2.56. The van der Waals surface area contributed by atoms with E-state index in [1.807, 2.05) is 41.7 Å². The van der Waals surface area contributed by atoms with Crippen molar-refractivity contribution in [3.63, 3.8) is 0 Å². The molecule has 2 aromatic carbocycles. The number of carbonyl (C=O) groups excluding carboxylic acids is 1. The molecular weight excluding hydrogens is 384 g/mol. The summed E-state index contributed by atoms with van der Waals surface area (Å²) in [5.74, 6) is 1.34. The number of amides is 1. The van der Waals surface area contributed by atoms with E-state index < -0.39 is 5.91 Å². The van der Waals surface area contributed by atoms with Crippen molar-refractivity contribution in [3.8, 4) is 5.75 Å². The number of ether oxygens (including phenoxy) is 1. The van der Waals surface area contributed by atoms with Gasteiger partial charge in [0.2, 0.25) is 0 Å². The Morgan fingerprint density at radius 2 is 2.00 bits per heavy atom. The zero-order valence-corrected chi connectivity index (χ0v) is 16.9. The molecule has 5 nitrogen and oxygen atoms in total. The fourth-order valence-electron chi connectivity index (χ4n) is 3.57. The van der Waals surface area contributed by atoms with Crippen LogP contribution in [0.3, 0.4) is 0 Å². The number of oxime groups is 1. The van der Waals surface area contributed by atoms with Gasteiger partial charge in [-0.3, -0.25) is 4.79 Å². The van der Waals surface area contributed by atoms with E-state index in [9.17, 15) is 4.79 Å². The summed E-state index contributed by atoms with van der Waals surface area (Å²) in [5.41, 5.74) is 8.26. The third-order valence-electron chi connectivity index (χ3n) is 5.07. The minimum atomic E-state index is -0.644. The second kappa shape index (κ2) is 8.49. The Bertz CT molecular complexity index is 1030. The van der Waals surface area contributed by atoms with E-state index in [-0.39, 0.29) is 5.71 Å². The molecule has 4 rings (SSSR count). The van der Waals surface area contributed by atoms with Gasteiger partial charge in [0.05, 0.1) is 0 Å². The molecule has 0 saturated heterocycles. The smallest absolute Gasteiger partial charge is 0.271 e. The molecule has 2 N–H and O–H groups in total. The minimum absolute atomic E-state index is 0.0808. The highest BCUT2D eigenvalue weighted by molar-refractivity contribution is 7.10. The van der Waals surface area contributed by atoms with Crippen LogP contribution in [0.1, 0.15) is 39.8 Å². The predicted octanol–water partition coefficient (Wildman–Crippen LogP) is 4.43. The second-order valence-corrected chi connectivity index (χ2v) is 7.95. The summed E-state index contributed by atoms with van der Waals surface area (Å²) < 4.78 is 6.04. The molecular formula is C23H22N2O3S. The van der Waals surface area contributed by atoms with Gasteiger partial charge in [0, 0.05) is 16.4 Å². The van der Waals surface area contributed by atoms with Gasteiger partial charge < -0.3 is 15.3 Å². The summed E-state index contributed by atoms with van der Waals surface area (Å²) in [7, 11) is 1.38. The van der Waals surface area contributed by atoms with Gasteiger partial charge in [-0.05, 0) is 47.0 Å². The molecule has 0 bridgehead atoms. The van der Waals surface area contributed by atoms with Gasteiger partial charge in [0.1, 0.15) is 19.5 Å². The maximum atomic E-state index is 11.7. The van der Waals surface area contributed by atoms with Gasteiger partial charge in [-0.2, -0.15) is 0 Å². The van der Waals surface area contributed by atoms with E-state index in [0.29, 0.717) is 24.0 Å². The minimum Gasteiger partial charge on any atom is -0.489 e. The number of primary amides is 1. The van der Waals surface area contributed by atoms with Crippen molar-refractivity contribution in [1.29, 1.82) is 0 Å². The van der Waals surface area contributed by atoms with Gasteiger partial charge in [0.25, 0.3) is 5.91 Å². The first kappa shape index (κ1) is 19.2. The summed E-state index contributed by atoms with van der Waals surface area (Å²) >= 11 is 1.82. The maximum Gasteiger partial charge on any atom is 0.271 e. The number of benzene rings is 2. The lowest BCUT2D eigenvalue weighted by molar-refractivity contribution is -0.112. The quantitative estimate of drug-likeness (QED) is 0.444. The van der Waals surface area contributed by atoms with Crippen molar-refractivity contribution in [2.45, 2.75) is 24.9 Å². The van der Waals surface area contributed by atoms with Gasteiger partial charge in [-0.15, -0.1) is 11.3 Å². The Kier molecular flexibility index (Phi) is 5.62. The van der Waals surface area contributed by atoms with Crippen molar-refractivity contribution >= 4 is 23.0 Å². The number of hydrogen-bond donors (Lipinski definition) is 1. The van der Waals surface area contributed by atoms with Crippen LogP contribution >= 0.6 is 11.3 Å². The number of hydrogen-bond acceptors (Lipinski definition) is 5. The normalized spacial score (nSPS) is 18.3. The molecule has 1 saturated carbocycles. The third-order valence-corrected chi connectivity index (χ3v) is 6.07. The Morgan fingerprint density at radius 1 is 1.14 bits per heavy atom. The number of carbonyl (C=O) groups is 1. The summed E-state index contributed by atoms with van der Waals surface area (Å²) in [4.78, 5) is 18.0. The van der Waals surface area contributed by atoms with E-state index in [0.717, 1.165) is 11.3 Å². The molecule has 1 amide bonds. The molecule has 0 radical (unpaired) electrons.